The average Bonchev–Trinajstić information content (AvgIpc) is 2.97. The maximum absolute atomic E-state index is 12.1. The molecule has 0 unspecified atom stereocenters. The first-order valence-electron chi connectivity index (χ1n) is 8.29. The summed E-state index contributed by atoms with van der Waals surface area (Å²) in [5.74, 6) is 0.679. The Hall–Kier alpha value is -2.20. The molecule has 0 fully saturated rings. The number of carbonyl (C=O) groups is 1. The van der Waals surface area contributed by atoms with Crippen molar-refractivity contribution >= 4 is 27.5 Å². The van der Waals surface area contributed by atoms with Gasteiger partial charge in [-0.15, -0.1) is 11.3 Å². The van der Waals surface area contributed by atoms with E-state index in [1.165, 1.54) is 5.56 Å². The van der Waals surface area contributed by atoms with Gasteiger partial charge in [-0.05, 0) is 35.6 Å². The number of carbonyl (C=O) groups excluding carboxylic acids is 1. The number of nitrogens with zero attached hydrogens (tertiary/aromatic N) is 1. The third-order valence-electron chi connectivity index (χ3n) is 3.81. The normalized spacial score (nSPS) is 11.1. The lowest BCUT2D eigenvalue weighted by atomic mass is 10.0. The number of rotatable bonds is 6. The number of benzene rings is 2. The van der Waals surface area contributed by atoms with Crippen molar-refractivity contribution in [1.29, 1.82) is 0 Å². The van der Waals surface area contributed by atoms with Gasteiger partial charge in [0, 0.05) is 0 Å². The van der Waals surface area contributed by atoms with Crippen LogP contribution in [0.5, 0.6) is 0 Å². The van der Waals surface area contributed by atoms with Crippen molar-refractivity contribution in [3.63, 3.8) is 0 Å². The molecule has 4 heteroatoms. The van der Waals surface area contributed by atoms with Crippen LogP contribution in [-0.4, -0.2) is 10.9 Å². The van der Waals surface area contributed by atoms with Crippen LogP contribution >= 0.6 is 11.3 Å². The van der Waals surface area contributed by atoms with Gasteiger partial charge in [-0.3, -0.25) is 4.79 Å². The molecule has 0 saturated heterocycles. The van der Waals surface area contributed by atoms with Crippen molar-refractivity contribution in [3.05, 3.63) is 64.7 Å². The van der Waals surface area contributed by atoms with Crippen LogP contribution in [0.1, 0.15) is 30.0 Å². The van der Waals surface area contributed by atoms with E-state index in [0.29, 0.717) is 18.9 Å². The summed E-state index contributed by atoms with van der Waals surface area (Å²) < 4.78 is 1.16. The Morgan fingerprint density at radius 1 is 1.08 bits per heavy atom. The Balaban J connectivity index is 1.53. The predicted octanol–water partition coefficient (Wildman–Crippen LogP) is 4.35. The van der Waals surface area contributed by atoms with Crippen molar-refractivity contribution in [1.82, 2.24) is 10.3 Å². The number of hydrogen-bond acceptors (Lipinski definition) is 3. The van der Waals surface area contributed by atoms with Crippen LogP contribution in [0.25, 0.3) is 10.2 Å². The van der Waals surface area contributed by atoms with Gasteiger partial charge in [-0.2, -0.15) is 0 Å². The van der Waals surface area contributed by atoms with Gasteiger partial charge in [-0.1, -0.05) is 50.2 Å². The fourth-order valence-corrected chi connectivity index (χ4v) is 3.59. The van der Waals surface area contributed by atoms with Gasteiger partial charge in [0.25, 0.3) is 0 Å². The van der Waals surface area contributed by atoms with Crippen LogP contribution in [0.2, 0.25) is 0 Å². The highest BCUT2D eigenvalue weighted by Gasteiger charge is 2.07. The lowest BCUT2D eigenvalue weighted by Gasteiger charge is -2.07. The van der Waals surface area contributed by atoms with Crippen molar-refractivity contribution < 1.29 is 4.79 Å². The fourth-order valence-electron chi connectivity index (χ4n) is 2.68. The summed E-state index contributed by atoms with van der Waals surface area (Å²) in [5, 5.41) is 3.91. The average molecular weight is 338 g/mol. The lowest BCUT2D eigenvalue weighted by Crippen LogP contribution is -2.24. The second-order valence-electron chi connectivity index (χ2n) is 6.44. The van der Waals surface area contributed by atoms with Crippen LogP contribution < -0.4 is 5.32 Å². The summed E-state index contributed by atoms with van der Waals surface area (Å²) in [7, 11) is 0. The molecule has 2 aromatic carbocycles. The Morgan fingerprint density at radius 2 is 1.79 bits per heavy atom. The van der Waals surface area contributed by atoms with Gasteiger partial charge < -0.3 is 5.32 Å². The van der Waals surface area contributed by atoms with Crippen LogP contribution in [0, 0.1) is 5.92 Å². The number of fused-ring (bicyclic) bond motifs is 1. The number of amides is 1. The summed E-state index contributed by atoms with van der Waals surface area (Å²) in [6, 6.07) is 16.4. The van der Waals surface area contributed by atoms with E-state index in [0.717, 1.165) is 27.2 Å². The van der Waals surface area contributed by atoms with Crippen molar-refractivity contribution in [2.24, 2.45) is 5.92 Å². The van der Waals surface area contributed by atoms with Crippen molar-refractivity contribution in [2.45, 2.75) is 33.2 Å². The van der Waals surface area contributed by atoms with Crippen molar-refractivity contribution in [2.75, 3.05) is 0 Å². The van der Waals surface area contributed by atoms with Crippen LogP contribution in [0.4, 0.5) is 0 Å². The second kappa shape index (κ2) is 7.58. The minimum Gasteiger partial charge on any atom is -0.349 e. The molecule has 1 N–H and O–H groups in total. The molecule has 124 valence electrons. The second-order valence-corrected chi connectivity index (χ2v) is 7.56. The Bertz CT molecular complexity index is 788. The summed E-state index contributed by atoms with van der Waals surface area (Å²) in [5.41, 5.74) is 3.36. The topological polar surface area (TPSA) is 42.0 Å². The highest BCUT2D eigenvalue weighted by molar-refractivity contribution is 7.18. The van der Waals surface area contributed by atoms with E-state index in [1.807, 2.05) is 18.2 Å². The van der Waals surface area contributed by atoms with Gasteiger partial charge in [0.2, 0.25) is 5.91 Å². The van der Waals surface area contributed by atoms with E-state index in [-0.39, 0.29) is 5.91 Å². The molecule has 0 saturated carbocycles. The molecule has 0 atom stereocenters. The molecule has 0 bridgehead atoms. The standard InChI is InChI=1S/C20H22N2OS/c1-14(2)11-15-7-9-16(10-8-15)12-19(23)21-13-20-22-17-5-3-4-6-18(17)24-20/h3-10,14H,11-13H2,1-2H3,(H,21,23). The van der Waals surface area contributed by atoms with E-state index in [2.05, 4.69) is 54.5 Å². The SMILES string of the molecule is CC(C)Cc1ccc(CC(=O)NCc2nc3ccccc3s2)cc1. The van der Waals surface area contributed by atoms with Crippen LogP contribution in [0.15, 0.2) is 48.5 Å². The maximum atomic E-state index is 12.1. The molecule has 3 rings (SSSR count). The molecule has 0 radical (unpaired) electrons. The molecule has 1 heterocycles. The summed E-state index contributed by atoms with van der Waals surface area (Å²) in [6.07, 6.45) is 1.48. The van der Waals surface area contributed by atoms with Gasteiger partial charge in [0.15, 0.2) is 0 Å². The van der Waals surface area contributed by atoms with Gasteiger partial charge in [0.05, 0.1) is 23.2 Å². The molecule has 1 amide bonds. The minimum atomic E-state index is 0.0332. The summed E-state index contributed by atoms with van der Waals surface area (Å²) in [4.78, 5) is 16.7. The fraction of sp³-hybridized carbons (Fsp3) is 0.300. The number of nitrogens with one attached hydrogen (secondary N) is 1. The van der Waals surface area contributed by atoms with Gasteiger partial charge in [0.1, 0.15) is 5.01 Å². The summed E-state index contributed by atoms with van der Waals surface area (Å²) >= 11 is 1.63. The monoisotopic (exact) mass is 338 g/mol. The van der Waals surface area contributed by atoms with E-state index < -0.39 is 0 Å². The first kappa shape index (κ1) is 16.7. The van der Waals surface area contributed by atoms with Crippen LogP contribution in [0.3, 0.4) is 0 Å². The highest BCUT2D eigenvalue weighted by atomic mass is 32.1. The van der Waals surface area contributed by atoms with Crippen molar-refractivity contribution in [3.8, 4) is 0 Å². The summed E-state index contributed by atoms with van der Waals surface area (Å²) in [6.45, 7) is 4.91. The number of hydrogen-bond donors (Lipinski definition) is 1. The maximum Gasteiger partial charge on any atom is 0.224 e. The number of para-hydroxylation sites is 1. The molecule has 24 heavy (non-hydrogen) atoms. The zero-order valence-electron chi connectivity index (χ0n) is 14.1. The highest BCUT2D eigenvalue weighted by Crippen LogP contribution is 2.21. The minimum absolute atomic E-state index is 0.0332. The Labute approximate surface area is 146 Å². The molecule has 0 aliphatic carbocycles. The molecular weight excluding hydrogens is 316 g/mol. The molecular formula is C20H22N2OS. The molecule has 1 aromatic heterocycles. The molecule has 0 aliphatic heterocycles. The smallest absolute Gasteiger partial charge is 0.224 e. The predicted molar refractivity (Wildman–Crippen MR) is 100 cm³/mol. The third kappa shape index (κ3) is 4.42. The zero-order valence-corrected chi connectivity index (χ0v) is 14.9. The molecule has 3 aromatic rings. The molecule has 0 spiro atoms. The quantitative estimate of drug-likeness (QED) is 0.726. The van der Waals surface area contributed by atoms with E-state index in [1.54, 1.807) is 11.3 Å². The number of aromatic nitrogens is 1. The third-order valence-corrected chi connectivity index (χ3v) is 4.84. The van der Waals surface area contributed by atoms with Crippen LogP contribution in [-0.2, 0) is 24.2 Å². The van der Waals surface area contributed by atoms with Gasteiger partial charge in [-0.25, -0.2) is 4.98 Å². The molecule has 3 nitrogen and oxygen atoms in total. The van der Waals surface area contributed by atoms with Gasteiger partial charge >= 0.3 is 0 Å². The molecule has 0 aliphatic rings. The Kier molecular flexibility index (Phi) is 5.26. The van der Waals surface area contributed by atoms with E-state index in [9.17, 15) is 4.79 Å². The van der Waals surface area contributed by atoms with E-state index >= 15 is 0 Å². The zero-order chi connectivity index (χ0) is 16.9. The lowest BCUT2D eigenvalue weighted by molar-refractivity contribution is -0.120. The van der Waals surface area contributed by atoms with E-state index in [4.69, 9.17) is 0 Å². The number of thiazole rings is 1. The Morgan fingerprint density at radius 3 is 2.50 bits per heavy atom. The first-order chi connectivity index (χ1) is 11.6. The first-order valence-corrected chi connectivity index (χ1v) is 9.11. The largest absolute Gasteiger partial charge is 0.349 e.